The second-order valence-corrected chi connectivity index (χ2v) is 7.45. The smallest absolute Gasteiger partial charge is 0.141 e. The van der Waals surface area contributed by atoms with E-state index in [1.54, 1.807) is 6.07 Å². The number of hydrogen-bond acceptors (Lipinski definition) is 1. The van der Waals surface area contributed by atoms with Gasteiger partial charge in [-0.1, -0.05) is 61.5 Å². The Hall–Kier alpha value is -3.51. The highest BCUT2D eigenvalue weighted by Crippen LogP contribution is 2.28. The van der Waals surface area contributed by atoms with Crippen LogP contribution in [-0.2, 0) is 19.3 Å². The van der Waals surface area contributed by atoms with Crippen molar-refractivity contribution >= 4 is 10.8 Å². The Labute approximate surface area is 175 Å². The number of benzene rings is 4. The lowest BCUT2D eigenvalue weighted by molar-refractivity contribution is 0.616. The molecule has 0 atom stereocenters. The largest absolute Gasteiger partial charge is 0.206 e. The molecule has 4 aromatic carbocycles. The van der Waals surface area contributed by atoms with Crippen molar-refractivity contribution < 1.29 is 8.78 Å². The fourth-order valence-electron chi connectivity index (χ4n) is 3.73. The first-order valence-electron chi connectivity index (χ1n) is 10.1. The van der Waals surface area contributed by atoms with Crippen molar-refractivity contribution in [2.45, 2.75) is 26.2 Å². The Bertz CT molecular complexity index is 1250. The highest BCUT2D eigenvalue weighted by molar-refractivity contribution is 5.88. The zero-order valence-electron chi connectivity index (χ0n) is 16.8. The van der Waals surface area contributed by atoms with E-state index in [9.17, 15) is 4.39 Å². The first kappa shape index (κ1) is 19.8. The zero-order valence-corrected chi connectivity index (χ0v) is 16.8. The van der Waals surface area contributed by atoms with Crippen LogP contribution in [0.2, 0.25) is 0 Å². The predicted octanol–water partition coefficient (Wildman–Crippen LogP) is 7.00. The van der Waals surface area contributed by atoms with Crippen LogP contribution in [0.4, 0.5) is 8.78 Å². The minimum absolute atomic E-state index is 0.0239. The summed E-state index contributed by atoms with van der Waals surface area (Å²) in [5, 5.41) is 10.3. The monoisotopic (exact) mass is 397 g/mol. The molecule has 0 aliphatic heterocycles. The molecule has 0 unspecified atom stereocenters. The summed E-state index contributed by atoms with van der Waals surface area (Å²) in [5.41, 5.74) is 4.84. The molecule has 0 heterocycles. The standard InChI is InChI=1S/C27H21F2N/c1-2-18-3-7-20(8-4-18)22-13-14-25-23(16-22)12-11-21(27(25)29)9-5-19-6-10-24(17-30)26(28)15-19/h3-4,6-8,10-16H,2,5,9H2,1H3. The number of nitrogens with zero attached hydrogens (tertiary/aromatic N) is 1. The molecule has 0 aromatic heterocycles. The minimum Gasteiger partial charge on any atom is -0.206 e. The van der Waals surface area contributed by atoms with Crippen LogP contribution >= 0.6 is 0 Å². The molecule has 0 fully saturated rings. The molecule has 0 spiro atoms. The quantitative estimate of drug-likeness (QED) is 0.355. The van der Waals surface area contributed by atoms with Gasteiger partial charge in [0.2, 0.25) is 0 Å². The third-order valence-corrected chi connectivity index (χ3v) is 5.57. The van der Waals surface area contributed by atoms with Crippen molar-refractivity contribution in [2.24, 2.45) is 0 Å². The molecule has 0 amide bonds. The summed E-state index contributed by atoms with van der Waals surface area (Å²) < 4.78 is 28.9. The molecule has 0 radical (unpaired) electrons. The van der Waals surface area contributed by atoms with E-state index in [1.807, 2.05) is 36.4 Å². The Morgan fingerprint density at radius 1 is 0.767 bits per heavy atom. The Kier molecular flexibility index (Phi) is 5.59. The zero-order chi connectivity index (χ0) is 21.1. The van der Waals surface area contributed by atoms with E-state index in [0.29, 0.717) is 23.8 Å². The van der Waals surface area contributed by atoms with Gasteiger partial charge in [-0.3, -0.25) is 0 Å². The summed E-state index contributed by atoms with van der Waals surface area (Å²) in [7, 11) is 0. The number of nitriles is 1. The number of halogens is 2. The molecular formula is C27H21F2N. The molecule has 0 aliphatic carbocycles. The Morgan fingerprint density at radius 2 is 1.50 bits per heavy atom. The summed E-state index contributed by atoms with van der Waals surface area (Å²) in [5.74, 6) is -0.761. The highest BCUT2D eigenvalue weighted by atomic mass is 19.1. The molecule has 148 valence electrons. The fourth-order valence-corrected chi connectivity index (χ4v) is 3.73. The first-order chi connectivity index (χ1) is 14.6. The van der Waals surface area contributed by atoms with Crippen LogP contribution in [0.15, 0.2) is 72.8 Å². The van der Waals surface area contributed by atoms with Crippen molar-refractivity contribution in [3.63, 3.8) is 0 Å². The van der Waals surface area contributed by atoms with Crippen LogP contribution in [0, 0.1) is 23.0 Å². The molecule has 0 bridgehead atoms. The normalized spacial score (nSPS) is 10.9. The molecule has 0 saturated carbocycles. The molecule has 30 heavy (non-hydrogen) atoms. The summed E-state index contributed by atoms with van der Waals surface area (Å²) in [4.78, 5) is 0. The van der Waals surface area contributed by atoms with Gasteiger partial charge in [-0.15, -0.1) is 0 Å². The molecule has 0 saturated heterocycles. The highest BCUT2D eigenvalue weighted by Gasteiger charge is 2.10. The van der Waals surface area contributed by atoms with E-state index in [1.165, 1.54) is 17.7 Å². The van der Waals surface area contributed by atoms with Crippen LogP contribution < -0.4 is 0 Å². The number of fused-ring (bicyclic) bond motifs is 1. The van der Waals surface area contributed by atoms with E-state index in [0.717, 1.165) is 28.5 Å². The van der Waals surface area contributed by atoms with Gasteiger partial charge in [-0.05, 0) is 70.7 Å². The van der Waals surface area contributed by atoms with E-state index >= 15 is 4.39 Å². The topological polar surface area (TPSA) is 23.8 Å². The van der Waals surface area contributed by atoms with Crippen LogP contribution in [0.1, 0.15) is 29.2 Å². The van der Waals surface area contributed by atoms with Crippen LogP contribution in [0.3, 0.4) is 0 Å². The average Bonchev–Trinajstić information content (AvgIpc) is 2.78. The molecule has 4 rings (SSSR count). The van der Waals surface area contributed by atoms with E-state index < -0.39 is 5.82 Å². The second kappa shape index (κ2) is 8.47. The maximum absolute atomic E-state index is 15.1. The van der Waals surface area contributed by atoms with Gasteiger partial charge < -0.3 is 0 Å². The summed E-state index contributed by atoms with van der Waals surface area (Å²) >= 11 is 0. The molecule has 0 aliphatic rings. The van der Waals surface area contributed by atoms with Crippen LogP contribution in [0.5, 0.6) is 0 Å². The van der Waals surface area contributed by atoms with Gasteiger partial charge in [0.25, 0.3) is 0 Å². The number of hydrogen-bond donors (Lipinski definition) is 0. The lowest BCUT2D eigenvalue weighted by atomic mass is 9.96. The SMILES string of the molecule is CCc1ccc(-c2ccc3c(F)c(CCc4ccc(C#N)c(F)c4)ccc3c2)cc1. The van der Waals surface area contributed by atoms with Gasteiger partial charge in [0.05, 0.1) is 5.56 Å². The molecular weight excluding hydrogens is 376 g/mol. The average molecular weight is 397 g/mol. The van der Waals surface area contributed by atoms with Gasteiger partial charge in [-0.25, -0.2) is 8.78 Å². The third kappa shape index (κ3) is 3.95. The van der Waals surface area contributed by atoms with Crippen LogP contribution in [0.25, 0.3) is 21.9 Å². The second-order valence-electron chi connectivity index (χ2n) is 7.45. The van der Waals surface area contributed by atoms with Gasteiger partial charge in [0, 0.05) is 5.39 Å². The lowest BCUT2D eigenvalue weighted by Gasteiger charge is -2.10. The summed E-state index contributed by atoms with van der Waals surface area (Å²) in [6.07, 6.45) is 1.97. The molecule has 1 nitrogen and oxygen atoms in total. The summed E-state index contributed by atoms with van der Waals surface area (Å²) in [6.45, 7) is 2.13. The third-order valence-electron chi connectivity index (χ3n) is 5.57. The predicted molar refractivity (Wildman–Crippen MR) is 117 cm³/mol. The van der Waals surface area contributed by atoms with Gasteiger partial charge in [-0.2, -0.15) is 5.26 Å². The first-order valence-corrected chi connectivity index (χ1v) is 10.1. The van der Waals surface area contributed by atoms with E-state index in [-0.39, 0.29) is 11.4 Å². The minimum atomic E-state index is -0.534. The van der Waals surface area contributed by atoms with E-state index in [2.05, 4.69) is 31.2 Å². The summed E-state index contributed by atoms with van der Waals surface area (Å²) in [6, 6.07) is 24.3. The maximum Gasteiger partial charge on any atom is 0.141 e. The van der Waals surface area contributed by atoms with Crippen molar-refractivity contribution in [1.29, 1.82) is 5.26 Å². The molecule has 3 heteroatoms. The van der Waals surface area contributed by atoms with Gasteiger partial charge in [0.15, 0.2) is 0 Å². The fraction of sp³-hybridized carbons (Fsp3) is 0.148. The Morgan fingerprint density at radius 3 is 2.20 bits per heavy atom. The van der Waals surface area contributed by atoms with E-state index in [4.69, 9.17) is 5.26 Å². The van der Waals surface area contributed by atoms with Gasteiger partial charge >= 0.3 is 0 Å². The van der Waals surface area contributed by atoms with Crippen molar-refractivity contribution in [3.05, 3.63) is 107 Å². The van der Waals surface area contributed by atoms with Gasteiger partial charge in [0.1, 0.15) is 17.7 Å². The van der Waals surface area contributed by atoms with Crippen molar-refractivity contribution in [1.82, 2.24) is 0 Å². The number of rotatable bonds is 5. The van der Waals surface area contributed by atoms with Crippen molar-refractivity contribution in [3.8, 4) is 17.2 Å². The molecule has 4 aromatic rings. The lowest BCUT2D eigenvalue weighted by Crippen LogP contribution is -1.97. The number of aryl methyl sites for hydroxylation is 3. The Balaban J connectivity index is 1.58. The van der Waals surface area contributed by atoms with Crippen LogP contribution in [-0.4, -0.2) is 0 Å². The van der Waals surface area contributed by atoms with Crippen molar-refractivity contribution in [2.75, 3.05) is 0 Å². The maximum atomic E-state index is 15.1. The molecule has 0 N–H and O–H groups in total.